The van der Waals surface area contributed by atoms with Gasteiger partial charge in [0.1, 0.15) is 0 Å². The summed E-state index contributed by atoms with van der Waals surface area (Å²) in [4.78, 5) is 10.5. The predicted octanol–water partition coefficient (Wildman–Crippen LogP) is 1.84. The van der Waals surface area contributed by atoms with Crippen molar-refractivity contribution in [1.29, 1.82) is 0 Å². The average Bonchev–Trinajstić information content (AvgIpc) is 2.85. The summed E-state index contributed by atoms with van der Waals surface area (Å²) in [6.45, 7) is 0.692. The number of hydrogen-bond donors (Lipinski definition) is 1. The van der Waals surface area contributed by atoms with Crippen LogP contribution in [0, 0.1) is 10.1 Å². The zero-order valence-electron chi connectivity index (χ0n) is 9.69. The lowest BCUT2D eigenvalue weighted by molar-refractivity contribution is -0.384. The molecule has 0 unspecified atom stereocenters. The highest BCUT2D eigenvalue weighted by Crippen LogP contribution is 2.28. The quantitative estimate of drug-likeness (QED) is 0.645. The second-order valence-electron chi connectivity index (χ2n) is 3.84. The van der Waals surface area contributed by atoms with Crippen LogP contribution < -0.4 is 0 Å². The molecule has 0 aliphatic rings. The molecule has 0 aliphatic carbocycles. The summed E-state index contributed by atoms with van der Waals surface area (Å²) in [6.07, 6.45) is 3.95. The number of para-hydroxylation sites is 1. The van der Waals surface area contributed by atoms with Crippen LogP contribution in [0.15, 0.2) is 36.7 Å². The Hall–Kier alpha value is -2.21. The number of aromatic nitrogens is 2. The Morgan fingerprint density at radius 3 is 2.89 bits per heavy atom. The molecular formula is C12H13N3O3. The summed E-state index contributed by atoms with van der Waals surface area (Å²) < 4.78 is 1.67. The summed E-state index contributed by atoms with van der Waals surface area (Å²) >= 11 is 0. The van der Waals surface area contributed by atoms with Crippen molar-refractivity contribution >= 4 is 5.69 Å². The van der Waals surface area contributed by atoms with E-state index >= 15 is 0 Å². The van der Waals surface area contributed by atoms with Gasteiger partial charge in [0.2, 0.25) is 0 Å². The van der Waals surface area contributed by atoms with Crippen LogP contribution in [0.4, 0.5) is 5.69 Å². The van der Waals surface area contributed by atoms with Gasteiger partial charge in [-0.3, -0.25) is 14.8 Å². The van der Waals surface area contributed by atoms with Gasteiger partial charge >= 0.3 is 0 Å². The van der Waals surface area contributed by atoms with Crippen LogP contribution in [0.5, 0.6) is 0 Å². The third kappa shape index (κ3) is 2.54. The van der Waals surface area contributed by atoms with E-state index in [-0.39, 0.29) is 12.3 Å². The van der Waals surface area contributed by atoms with Crippen molar-refractivity contribution in [3.05, 3.63) is 46.8 Å². The second-order valence-corrected chi connectivity index (χ2v) is 3.84. The minimum atomic E-state index is -0.402. The van der Waals surface area contributed by atoms with Gasteiger partial charge in [-0.2, -0.15) is 5.10 Å². The summed E-state index contributed by atoms with van der Waals surface area (Å²) in [5.41, 5.74) is 1.33. The van der Waals surface area contributed by atoms with Gasteiger partial charge in [0.25, 0.3) is 5.69 Å². The standard InChI is InChI=1S/C12H13N3O3/c16-7-3-6-14-9-10(8-13-14)11-4-1-2-5-12(11)15(17)18/h1-2,4-5,8-9,16H,3,6-7H2. The smallest absolute Gasteiger partial charge is 0.277 e. The predicted molar refractivity (Wildman–Crippen MR) is 66.0 cm³/mol. The zero-order valence-corrected chi connectivity index (χ0v) is 9.69. The van der Waals surface area contributed by atoms with Crippen molar-refractivity contribution in [3.8, 4) is 11.1 Å². The molecular weight excluding hydrogens is 234 g/mol. The number of nitro benzene ring substituents is 1. The van der Waals surface area contributed by atoms with Crippen molar-refractivity contribution in [2.45, 2.75) is 13.0 Å². The number of rotatable bonds is 5. The van der Waals surface area contributed by atoms with E-state index in [4.69, 9.17) is 5.11 Å². The molecule has 0 fully saturated rings. The topological polar surface area (TPSA) is 81.2 Å². The monoisotopic (exact) mass is 247 g/mol. The largest absolute Gasteiger partial charge is 0.396 e. The molecule has 0 bridgehead atoms. The molecule has 2 aromatic rings. The highest BCUT2D eigenvalue weighted by molar-refractivity contribution is 5.72. The molecule has 0 aliphatic heterocycles. The van der Waals surface area contributed by atoms with Crippen molar-refractivity contribution in [1.82, 2.24) is 9.78 Å². The van der Waals surface area contributed by atoms with Gasteiger partial charge in [-0.25, -0.2) is 0 Å². The first-order valence-electron chi connectivity index (χ1n) is 5.59. The number of nitrogens with zero attached hydrogens (tertiary/aromatic N) is 3. The summed E-state index contributed by atoms with van der Waals surface area (Å²) in [5.74, 6) is 0. The third-order valence-electron chi connectivity index (χ3n) is 2.59. The van der Waals surface area contributed by atoms with E-state index in [1.807, 2.05) is 0 Å². The molecule has 1 N–H and O–H groups in total. The fourth-order valence-electron chi connectivity index (χ4n) is 1.73. The van der Waals surface area contributed by atoms with Crippen molar-refractivity contribution in [2.24, 2.45) is 0 Å². The van der Waals surface area contributed by atoms with Crippen LogP contribution in [0.1, 0.15) is 6.42 Å². The maximum absolute atomic E-state index is 10.9. The molecule has 0 atom stereocenters. The van der Waals surface area contributed by atoms with Gasteiger partial charge in [0, 0.05) is 31.0 Å². The van der Waals surface area contributed by atoms with Gasteiger partial charge in [-0.05, 0) is 12.5 Å². The highest BCUT2D eigenvalue weighted by Gasteiger charge is 2.15. The normalized spacial score (nSPS) is 10.5. The van der Waals surface area contributed by atoms with Crippen molar-refractivity contribution in [3.63, 3.8) is 0 Å². The van der Waals surface area contributed by atoms with Crippen LogP contribution in [0.25, 0.3) is 11.1 Å². The molecule has 6 heteroatoms. The lowest BCUT2D eigenvalue weighted by Crippen LogP contribution is -1.99. The first-order chi connectivity index (χ1) is 8.72. The van der Waals surface area contributed by atoms with Gasteiger partial charge in [0.15, 0.2) is 0 Å². The molecule has 1 aromatic heterocycles. The Bertz CT molecular complexity index is 551. The number of aliphatic hydroxyl groups excluding tert-OH is 1. The van der Waals surface area contributed by atoms with Crippen LogP contribution in [0.3, 0.4) is 0 Å². The minimum Gasteiger partial charge on any atom is -0.396 e. The number of nitro groups is 1. The summed E-state index contributed by atoms with van der Waals surface area (Å²) in [5, 5.41) is 23.8. The van der Waals surface area contributed by atoms with E-state index in [1.165, 1.54) is 6.07 Å². The second kappa shape index (κ2) is 5.42. The first kappa shape index (κ1) is 12.3. The number of aryl methyl sites for hydroxylation is 1. The van der Waals surface area contributed by atoms with Gasteiger partial charge in [-0.1, -0.05) is 12.1 Å². The van der Waals surface area contributed by atoms with E-state index in [1.54, 1.807) is 35.3 Å². The molecule has 6 nitrogen and oxygen atoms in total. The van der Waals surface area contributed by atoms with E-state index in [0.717, 1.165) is 0 Å². The van der Waals surface area contributed by atoms with Crippen LogP contribution in [-0.2, 0) is 6.54 Å². The van der Waals surface area contributed by atoms with Gasteiger partial charge < -0.3 is 5.11 Å². The zero-order chi connectivity index (χ0) is 13.0. The maximum Gasteiger partial charge on any atom is 0.277 e. The number of aliphatic hydroxyl groups is 1. The fraction of sp³-hybridized carbons (Fsp3) is 0.250. The Morgan fingerprint density at radius 1 is 1.39 bits per heavy atom. The first-order valence-corrected chi connectivity index (χ1v) is 5.59. The van der Waals surface area contributed by atoms with E-state index in [2.05, 4.69) is 5.10 Å². The molecule has 0 amide bonds. The van der Waals surface area contributed by atoms with E-state index < -0.39 is 4.92 Å². The van der Waals surface area contributed by atoms with E-state index in [0.29, 0.717) is 24.1 Å². The Labute approximate surface area is 104 Å². The van der Waals surface area contributed by atoms with E-state index in [9.17, 15) is 10.1 Å². The molecule has 1 heterocycles. The lowest BCUT2D eigenvalue weighted by atomic mass is 10.1. The van der Waals surface area contributed by atoms with Gasteiger partial charge in [0.05, 0.1) is 16.7 Å². The fourth-order valence-corrected chi connectivity index (χ4v) is 1.73. The van der Waals surface area contributed by atoms with Gasteiger partial charge in [-0.15, -0.1) is 0 Å². The van der Waals surface area contributed by atoms with Crippen LogP contribution >= 0.6 is 0 Å². The highest BCUT2D eigenvalue weighted by atomic mass is 16.6. The Balaban J connectivity index is 2.31. The third-order valence-corrected chi connectivity index (χ3v) is 2.59. The van der Waals surface area contributed by atoms with Crippen LogP contribution in [0.2, 0.25) is 0 Å². The Kier molecular flexibility index (Phi) is 3.69. The average molecular weight is 247 g/mol. The number of hydrogen-bond acceptors (Lipinski definition) is 4. The van der Waals surface area contributed by atoms with Crippen LogP contribution in [-0.4, -0.2) is 26.4 Å². The molecule has 0 radical (unpaired) electrons. The molecule has 18 heavy (non-hydrogen) atoms. The maximum atomic E-state index is 10.9. The molecule has 1 aromatic carbocycles. The number of benzene rings is 1. The van der Waals surface area contributed by atoms with Crippen molar-refractivity contribution < 1.29 is 10.0 Å². The lowest BCUT2D eigenvalue weighted by Gasteiger charge is -1.99. The molecule has 0 saturated carbocycles. The van der Waals surface area contributed by atoms with Crippen molar-refractivity contribution in [2.75, 3.05) is 6.61 Å². The SMILES string of the molecule is O=[N+]([O-])c1ccccc1-c1cnn(CCCO)c1. The molecule has 0 spiro atoms. The molecule has 2 rings (SSSR count). The summed E-state index contributed by atoms with van der Waals surface area (Å²) in [7, 11) is 0. The Morgan fingerprint density at radius 2 is 2.17 bits per heavy atom. The molecule has 94 valence electrons. The summed E-state index contributed by atoms with van der Waals surface area (Å²) in [6, 6.07) is 6.57. The minimum absolute atomic E-state index is 0.0687. The molecule has 0 saturated heterocycles.